The lowest BCUT2D eigenvalue weighted by Crippen LogP contribution is -2.45. The van der Waals surface area contributed by atoms with Gasteiger partial charge < -0.3 is 10.2 Å². The molecule has 0 spiro atoms. The summed E-state index contributed by atoms with van der Waals surface area (Å²) >= 11 is 5.93. The quantitative estimate of drug-likeness (QED) is 0.658. The Hall–Kier alpha value is -3.58. The van der Waals surface area contributed by atoms with Gasteiger partial charge in [-0.25, -0.2) is 4.98 Å². The number of benzene rings is 2. The molecule has 2 heterocycles. The Morgan fingerprint density at radius 3 is 2.47 bits per heavy atom. The van der Waals surface area contributed by atoms with Crippen molar-refractivity contribution in [2.75, 3.05) is 19.0 Å². The smallest absolute Gasteiger partial charge is 0.330 e. The van der Waals surface area contributed by atoms with Gasteiger partial charge in [-0.3, -0.25) is 9.59 Å². The lowest BCUT2D eigenvalue weighted by atomic mass is 10.1. The van der Waals surface area contributed by atoms with Crippen molar-refractivity contribution in [2.24, 2.45) is 4.99 Å². The third-order valence-corrected chi connectivity index (χ3v) is 5.15. The third-order valence-electron chi connectivity index (χ3n) is 4.90. The van der Waals surface area contributed by atoms with E-state index in [1.165, 1.54) is 4.90 Å². The molecule has 8 heteroatoms. The number of anilines is 1. The molecule has 0 radical (unpaired) electrons. The van der Waals surface area contributed by atoms with Crippen LogP contribution in [0.15, 0.2) is 65.9 Å². The second-order valence-corrected chi connectivity index (χ2v) is 7.21. The SMILES string of the molecule is CNC(=O)c1ccc(C2=NCc3cnc(C(=O)N(C)c4ccc(Cl)cc4)c[n+]32)cc1. The number of nitrogens with zero attached hydrogens (tertiary/aromatic N) is 4. The van der Waals surface area contributed by atoms with Gasteiger partial charge in [0, 0.05) is 30.4 Å². The fourth-order valence-corrected chi connectivity index (χ4v) is 3.33. The van der Waals surface area contributed by atoms with Crippen LogP contribution in [-0.4, -0.2) is 36.7 Å². The van der Waals surface area contributed by atoms with Crippen molar-refractivity contribution in [3.05, 3.63) is 88.5 Å². The van der Waals surface area contributed by atoms with Crippen LogP contribution in [0.4, 0.5) is 5.69 Å². The summed E-state index contributed by atoms with van der Waals surface area (Å²) in [5, 5.41) is 3.21. The molecule has 2 aromatic carbocycles. The summed E-state index contributed by atoms with van der Waals surface area (Å²) < 4.78 is 1.87. The molecule has 1 aliphatic rings. The maximum atomic E-state index is 13.0. The predicted molar refractivity (Wildman–Crippen MR) is 114 cm³/mol. The van der Waals surface area contributed by atoms with Crippen LogP contribution >= 0.6 is 11.6 Å². The van der Waals surface area contributed by atoms with Gasteiger partial charge in [0.1, 0.15) is 6.20 Å². The van der Waals surface area contributed by atoms with Crippen LogP contribution in [0.3, 0.4) is 0 Å². The molecule has 0 fully saturated rings. The standard InChI is InChI=1S/C22H18ClN5O2/c1-24-21(29)15-5-3-14(4-6-15)20-26-12-18-11-25-19(13-28(18)20)22(30)27(2)17-9-7-16(23)8-10-17/h3-11,13H,12H2,1-2H3/p+1. The number of hydrogen-bond acceptors (Lipinski definition) is 4. The van der Waals surface area contributed by atoms with Gasteiger partial charge in [-0.1, -0.05) is 16.6 Å². The Balaban J connectivity index is 1.62. The molecule has 1 aliphatic heterocycles. The van der Waals surface area contributed by atoms with Gasteiger partial charge in [0.2, 0.25) is 0 Å². The molecule has 3 aromatic rings. The summed E-state index contributed by atoms with van der Waals surface area (Å²) in [6, 6.07) is 14.2. The van der Waals surface area contributed by atoms with Crippen molar-refractivity contribution >= 4 is 34.9 Å². The van der Waals surface area contributed by atoms with E-state index in [4.69, 9.17) is 11.6 Å². The Kier molecular flexibility index (Phi) is 5.29. The Labute approximate surface area is 178 Å². The zero-order valence-corrected chi connectivity index (χ0v) is 17.2. The first-order valence-corrected chi connectivity index (χ1v) is 9.67. The molecule has 1 N–H and O–H groups in total. The average molecular weight is 421 g/mol. The first-order chi connectivity index (χ1) is 14.5. The van der Waals surface area contributed by atoms with E-state index in [2.05, 4.69) is 15.3 Å². The summed E-state index contributed by atoms with van der Waals surface area (Å²) in [5.74, 6) is 0.318. The van der Waals surface area contributed by atoms with Crippen LogP contribution in [0.5, 0.6) is 0 Å². The first-order valence-electron chi connectivity index (χ1n) is 9.29. The van der Waals surface area contributed by atoms with Gasteiger partial charge in [0.15, 0.2) is 17.9 Å². The van der Waals surface area contributed by atoms with Crippen LogP contribution in [0.25, 0.3) is 0 Å². The highest BCUT2D eigenvalue weighted by molar-refractivity contribution is 6.30. The monoisotopic (exact) mass is 420 g/mol. The number of fused-ring (bicyclic) bond motifs is 1. The number of aliphatic imine (C=N–C) groups is 1. The van der Waals surface area contributed by atoms with Gasteiger partial charge in [0.25, 0.3) is 11.8 Å². The van der Waals surface area contributed by atoms with Gasteiger partial charge in [-0.2, -0.15) is 4.57 Å². The van der Waals surface area contributed by atoms with E-state index in [0.717, 1.165) is 16.9 Å². The van der Waals surface area contributed by atoms with E-state index in [1.807, 2.05) is 16.7 Å². The lowest BCUT2D eigenvalue weighted by molar-refractivity contribution is -0.557. The molecule has 0 unspecified atom stereocenters. The number of halogens is 1. The van der Waals surface area contributed by atoms with Crippen molar-refractivity contribution in [1.29, 1.82) is 0 Å². The zero-order valence-electron chi connectivity index (χ0n) is 16.5. The molecule has 7 nitrogen and oxygen atoms in total. The van der Waals surface area contributed by atoms with Crippen molar-refractivity contribution in [1.82, 2.24) is 10.3 Å². The van der Waals surface area contributed by atoms with Gasteiger partial charge >= 0.3 is 5.84 Å². The van der Waals surface area contributed by atoms with Crippen LogP contribution in [0.2, 0.25) is 5.02 Å². The lowest BCUT2D eigenvalue weighted by Gasteiger charge is -2.16. The van der Waals surface area contributed by atoms with Crippen molar-refractivity contribution < 1.29 is 14.2 Å². The molecule has 2 amide bonds. The minimum atomic E-state index is -0.242. The number of amides is 2. The number of aromatic nitrogens is 2. The second-order valence-electron chi connectivity index (χ2n) is 6.77. The Bertz CT molecular complexity index is 1160. The van der Waals surface area contributed by atoms with Crippen LogP contribution in [0.1, 0.15) is 32.1 Å². The fraction of sp³-hybridized carbons (Fsp3) is 0.136. The highest BCUT2D eigenvalue weighted by Crippen LogP contribution is 2.18. The summed E-state index contributed by atoms with van der Waals surface area (Å²) in [5.41, 5.74) is 3.32. The number of rotatable bonds is 4. The maximum Gasteiger partial charge on any atom is 0.330 e. The van der Waals surface area contributed by atoms with E-state index in [9.17, 15) is 9.59 Å². The van der Waals surface area contributed by atoms with Crippen LogP contribution in [0, 0.1) is 0 Å². The van der Waals surface area contributed by atoms with E-state index >= 15 is 0 Å². The number of carbonyl (C=O) groups is 2. The molecule has 150 valence electrons. The molecule has 0 saturated heterocycles. The minimum absolute atomic E-state index is 0.148. The van der Waals surface area contributed by atoms with E-state index in [1.54, 1.807) is 62.9 Å². The van der Waals surface area contributed by atoms with Gasteiger partial charge in [-0.15, -0.1) is 0 Å². The molecule has 0 saturated carbocycles. The molecular formula is C22H19ClN5O2+. The topological polar surface area (TPSA) is 78.5 Å². The summed E-state index contributed by atoms with van der Waals surface area (Å²) in [6.07, 6.45) is 3.36. The number of hydrogen-bond donors (Lipinski definition) is 1. The maximum absolute atomic E-state index is 13.0. The first kappa shape index (κ1) is 19.7. The highest BCUT2D eigenvalue weighted by atomic mass is 35.5. The largest absolute Gasteiger partial charge is 0.355 e. The molecule has 0 atom stereocenters. The van der Waals surface area contributed by atoms with Crippen LogP contribution < -0.4 is 14.8 Å². The van der Waals surface area contributed by atoms with E-state index in [0.29, 0.717) is 28.7 Å². The van der Waals surface area contributed by atoms with E-state index < -0.39 is 0 Å². The highest BCUT2D eigenvalue weighted by Gasteiger charge is 2.29. The molecular weight excluding hydrogens is 402 g/mol. The third kappa shape index (κ3) is 3.67. The van der Waals surface area contributed by atoms with Crippen molar-refractivity contribution in [3.8, 4) is 0 Å². The molecule has 30 heavy (non-hydrogen) atoms. The van der Waals surface area contributed by atoms with Crippen LogP contribution in [-0.2, 0) is 6.54 Å². The van der Waals surface area contributed by atoms with Gasteiger partial charge in [-0.05, 0) is 48.5 Å². The summed E-state index contributed by atoms with van der Waals surface area (Å²) in [7, 11) is 3.29. The molecule has 0 aliphatic carbocycles. The predicted octanol–water partition coefficient (Wildman–Crippen LogP) is 2.47. The Morgan fingerprint density at radius 1 is 1.10 bits per heavy atom. The van der Waals surface area contributed by atoms with Crippen molar-refractivity contribution in [3.63, 3.8) is 0 Å². The summed E-state index contributed by atoms with van der Waals surface area (Å²) in [4.78, 5) is 35.1. The molecule has 4 rings (SSSR count). The van der Waals surface area contributed by atoms with E-state index in [-0.39, 0.29) is 11.8 Å². The van der Waals surface area contributed by atoms with Crippen molar-refractivity contribution in [2.45, 2.75) is 6.54 Å². The number of carbonyl (C=O) groups excluding carboxylic acids is 2. The fourth-order valence-electron chi connectivity index (χ4n) is 3.20. The van der Waals surface area contributed by atoms with Gasteiger partial charge in [0.05, 0.1) is 11.8 Å². The zero-order chi connectivity index (χ0) is 21.3. The minimum Gasteiger partial charge on any atom is -0.355 e. The summed E-state index contributed by atoms with van der Waals surface area (Å²) in [6.45, 7) is 0.473. The average Bonchev–Trinajstić information content (AvgIpc) is 3.21. The molecule has 1 aromatic heterocycles. The molecule has 0 bridgehead atoms. The normalized spacial score (nSPS) is 12.2. The number of nitrogens with one attached hydrogen (secondary N) is 1. The Morgan fingerprint density at radius 2 is 1.80 bits per heavy atom. The second kappa shape index (κ2) is 8.04.